The number of hydrogen-bond donors (Lipinski definition) is 2. The lowest BCUT2D eigenvalue weighted by Crippen LogP contribution is -2.47. The van der Waals surface area contributed by atoms with Crippen molar-refractivity contribution in [3.63, 3.8) is 0 Å². The third-order valence-corrected chi connectivity index (χ3v) is 3.75. The summed E-state index contributed by atoms with van der Waals surface area (Å²) >= 11 is 0. The molecule has 2 rings (SSSR count). The number of hydrogen-bond acceptors (Lipinski definition) is 3. The maximum atomic E-state index is 12.0. The van der Waals surface area contributed by atoms with Crippen LogP contribution in [0, 0.1) is 5.92 Å². The van der Waals surface area contributed by atoms with Crippen LogP contribution in [0.1, 0.15) is 32.1 Å². The standard InChI is InChI=1S/C12H22N2O2/c1-16-11-6-2-5-10(11)14-12(15)9-4-3-7-13-8-9/h9-11,13H,2-8H2,1H3,(H,14,15)/t9-,10?,11?/m1/s1. The van der Waals surface area contributed by atoms with Crippen LogP contribution in [0.15, 0.2) is 0 Å². The monoisotopic (exact) mass is 226 g/mol. The number of carbonyl (C=O) groups excluding carboxylic acids is 1. The SMILES string of the molecule is COC1CCCC1NC(=O)[C@@H]1CCCNC1. The minimum absolute atomic E-state index is 0.159. The first-order valence-electron chi connectivity index (χ1n) is 6.35. The summed E-state index contributed by atoms with van der Waals surface area (Å²) in [6.45, 7) is 1.88. The summed E-state index contributed by atoms with van der Waals surface area (Å²) in [5.41, 5.74) is 0. The number of carbonyl (C=O) groups is 1. The zero-order valence-electron chi connectivity index (χ0n) is 10.00. The quantitative estimate of drug-likeness (QED) is 0.743. The molecule has 1 amide bonds. The second-order valence-corrected chi connectivity index (χ2v) is 4.86. The number of ether oxygens (including phenoxy) is 1. The molecule has 2 aliphatic rings. The zero-order valence-corrected chi connectivity index (χ0v) is 10.00. The Kier molecular flexibility index (Phi) is 4.18. The van der Waals surface area contributed by atoms with Crippen molar-refractivity contribution in [1.82, 2.24) is 10.6 Å². The summed E-state index contributed by atoms with van der Waals surface area (Å²) in [5.74, 6) is 0.369. The van der Waals surface area contributed by atoms with Crippen LogP contribution in [-0.2, 0) is 9.53 Å². The number of piperidine rings is 1. The van der Waals surface area contributed by atoms with Crippen molar-refractivity contribution in [2.75, 3.05) is 20.2 Å². The fourth-order valence-electron chi connectivity index (χ4n) is 2.75. The van der Waals surface area contributed by atoms with Crippen LogP contribution in [0.4, 0.5) is 0 Å². The van der Waals surface area contributed by atoms with Crippen molar-refractivity contribution < 1.29 is 9.53 Å². The Labute approximate surface area is 97.1 Å². The molecule has 2 N–H and O–H groups in total. The van der Waals surface area contributed by atoms with E-state index in [1.54, 1.807) is 7.11 Å². The fourth-order valence-corrected chi connectivity index (χ4v) is 2.75. The molecule has 1 saturated heterocycles. The summed E-state index contributed by atoms with van der Waals surface area (Å²) in [4.78, 5) is 12.0. The third kappa shape index (κ3) is 2.74. The van der Waals surface area contributed by atoms with E-state index >= 15 is 0 Å². The molecule has 0 spiro atoms. The second-order valence-electron chi connectivity index (χ2n) is 4.86. The van der Waals surface area contributed by atoms with E-state index in [1.165, 1.54) is 0 Å². The molecule has 0 radical (unpaired) electrons. The van der Waals surface area contributed by atoms with Crippen molar-refractivity contribution in [2.45, 2.75) is 44.2 Å². The summed E-state index contributed by atoms with van der Waals surface area (Å²) in [7, 11) is 1.73. The number of amides is 1. The zero-order chi connectivity index (χ0) is 11.4. The van der Waals surface area contributed by atoms with Crippen LogP contribution in [0.5, 0.6) is 0 Å². The van der Waals surface area contributed by atoms with Gasteiger partial charge in [-0.05, 0) is 38.6 Å². The Hall–Kier alpha value is -0.610. The van der Waals surface area contributed by atoms with Crippen molar-refractivity contribution in [1.29, 1.82) is 0 Å². The van der Waals surface area contributed by atoms with E-state index in [0.717, 1.165) is 45.2 Å². The fraction of sp³-hybridized carbons (Fsp3) is 0.917. The molecular formula is C12H22N2O2. The molecule has 1 saturated carbocycles. The molecular weight excluding hydrogens is 204 g/mol. The summed E-state index contributed by atoms with van der Waals surface area (Å²) in [6.07, 6.45) is 5.64. The van der Waals surface area contributed by atoms with Gasteiger partial charge in [0.05, 0.1) is 18.1 Å². The van der Waals surface area contributed by atoms with Gasteiger partial charge < -0.3 is 15.4 Å². The largest absolute Gasteiger partial charge is 0.379 e. The molecule has 92 valence electrons. The average molecular weight is 226 g/mol. The van der Waals surface area contributed by atoms with E-state index in [1.807, 2.05) is 0 Å². The van der Waals surface area contributed by atoms with Gasteiger partial charge in [0.1, 0.15) is 0 Å². The van der Waals surface area contributed by atoms with Crippen molar-refractivity contribution in [3.8, 4) is 0 Å². The van der Waals surface area contributed by atoms with E-state index in [2.05, 4.69) is 10.6 Å². The van der Waals surface area contributed by atoms with E-state index in [0.29, 0.717) is 0 Å². The molecule has 1 heterocycles. The van der Waals surface area contributed by atoms with Gasteiger partial charge in [0.15, 0.2) is 0 Å². The lowest BCUT2D eigenvalue weighted by atomic mass is 9.98. The lowest BCUT2D eigenvalue weighted by Gasteiger charge is -2.26. The maximum Gasteiger partial charge on any atom is 0.224 e. The minimum atomic E-state index is 0.159. The predicted octanol–water partition coefficient (Wildman–Crippen LogP) is 0.670. The Morgan fingerprint density at radius 2 is 2.19 bits per heavy atom. The molecule has 2 fully saturated rings. The summed E-state index contributed by atoms with van der Waals surface area (Å²) in [6, 6.07) is 0.236. The summed E-state index contributed by atoms with van der Waals surface area (Å²) < 4.78 is 5.38. The Morgan fingerprint density at radius 1 is 1.31 bits per heavy atom. The molecule has 4 nitrogen and oxygen atoms in total. The highest BCUT2D eigenvalue weighted by Gasteiger charge is 2.30. The van der Waals surface area contributed by atoms with Crippen molar-refractivity contribution in [2.24, 2.45) is 5.92 Å². The first-order chi connectivity index (χ1) is 7.81. The Balaban J connectivity index is 1.81. The number of rotatable bonds is 3. The molecule has 4 heteroatoms. The highest BCUT2D eigenvalue weighted by molar-refractivity contribution is 5.79. The van der Waals surface area contributed by atoms with E-state index in [4.69, 9.17) is 4.74 Å². The van der Waals surface area contributed by atoms with Gasteiger partial charge in [0, 0.05) is 13.7 Å². The summed E-state index contributed by atoms with van der Waals surface area (Å²) in [5, 5.41) is 6.42. The van der Waals surface area contributed by atoms with Crippen LogP contribution in [0.3, 0.4) is 0 Å². The van der Waals surface area contributed by atoms with E-state index in [-0.39, 0.29) is 24.0 Å². The Morgan fingerprint density at radius 3 is 2.88 bits per heavy atom. The molecule has 3 atom stereocenters. The highest BCUT2D eigenvalue weighted by Crippen LogP contribution is 2.22. The number of methoxy groups -OCH3 is 1. The topological polar surface area (TPSA) is 50.4 Å². The lowest BCUT2D eigenvalue weighted by molar-refractivity contribution is -0.127. The molecule has 1 aliphatic carbocycles. The van der Waals surface area contributed by atoms with Crippen molar-refractivity contribution in [3.05, 3.63) is 0 Å². The molecule has 0 bridgehead atoms. The van der Waals surface area contributed by atoms with E-state index in [9.17, 15) is 4.79 Å². The molecule has 16 heavy (non-hydrogen) atoms. The van der Waals surface area contributed by atoms with Crippen LogP contribution in [-0.4, -0.2) is 38.3 Å². The average Bonchev–Trinajstić information content (AvgIpc) is 2.77. The van der Waals surface area contributed by atoms with Crippen LogP contribution >= 0.6 is 0 Å². The molecule has 1 aliphatic heterocycles. The van der Waals surface area contributed by atoms with Gasteiger partial charge in [0.25, 0.3) is 0 Å². The van der Waals surface area contributed by atoms with Gasteiger partial charge in [0.2, 0.25) is 5.91 Å². The molecule has 0 aromatic heterocycles. The van der Waals surface area contributed by atoms with Gasteiger partial charge in [-0.2, -0.15) is 0 Å². The molecule has 0 aromatic carbocycles. The van der Waals surface area contributed by atoms with Gasteiger partial charge >= 0.3 is 0 Å². The Bertz CT molecular complexity index is 239. The van der Waals surface area contributed by atoms with Gasteiger partial charge in [-0.1, -0.05) is 0 Å². The highest BCUT2D eigenvalue weighted by atomic mass is 16.5. The van der Waals surface area contributed by atoms with E-state index < -0.39 is 0 Å². The molecule has 0 aromatic rings. The number of nitrogens with one attached hydrogen (secondary N) is 2. The first-order valence-corrected chi connectivity index (χ1v) is 6.35. The normalized spacial score (nSPS) is 34.9. The van der Waals surface area contributed by atoms with Gasteiger partial charge in [-0.3, -0.25) is 4.79 Å². The second kappa shape index (κ2) is 5.64. The van der Waals surface area contributed by atoms with Gasteiger partial charge in [-0.25, -0.2) is 0 Å². The first kappa shape index (κ1) is 11.9. The predicted molar refractivity (Wildman–Crippen MR) is 62.2 cm³/mol. The van der Waals surface area contributed by atoms with Crippen LogP contribution in [0.25, 0.3) is 0 Å². The molecule has 2 unspecified atom stereocenters. The van der Waals surface area contributed by atoms with Crippen LogP contribution < -0.4 is 10.6 Å². The van der Waals surface area contributed by atoms with Crippen molar-refractivity contribution >= 4 is 5.91 Å². The van der Waals surface area contributed by atoms with Crippen LogP contribution in [0.2, 0.25) is 0 Å². The third-order valence-electron chi connectivity index (χ3n) is 3.75. The van der Waals surface area contributed by atoms with Gasteiger partial charge in [-0.15, -0.1) is 0 Å². The smallest absolute Gasteiger partial charge is 0.224 e. The minimum Gasteiger partial charge on any atom is -0.379 e. The maximum absolute atomic E-state index is 12.0.